The number of benzene rings is 1. The Kier molecular flexibility index (Phi) is 7.90. The summed E-state index contributed by atoms with van der Waals surface area (Å²) in [7, 11) is 0. The second-order valence-corrected chi connectivity index (χ2v) is 10.7. The Bertz CT molecular complexity index is 1390. The van der Waals surface area contributed by atoms with E-state index in [4.69, 9.17) is 5.73 Å². The van der Waals surface area contributed by atoms with E-state index in [1.54, 1.807) is 18.5 Å². The quantitative estimate of drug-likeness (QED) is 0.375. The minimum atomic E-state index is -1.59. The van der Waals surface area contributed by atoms with Gasteiger partial charge < -0.3 is 15.9 Å². The third-order valence-electron chi connectivity index (χ3n) is 7.63. The molecule has 3 aromatic rings. The maximum absolute atomic E-state index is 15.0. The molecule has 0 bridgehead atoms. The summed E-state index contributed by atoms with van der Waals surface area (Å²) in [4.78, 5) is 32.8. The minimum absolute atomic E-state index is 0.00213. The number of halogens is 3. The fraction of sp³-hybridized carbons (Fsp3) is 0.379. The highest BCUT2D eigenvalue weighted by Gasteiger charge is 2.34. The number of rotatable bonds is 7. The molecule has 1 aromatic carbocycles. The first-order valence-corrected chi connectivity index (χ1v) is 12.6. The third-order valence-corrected chi connectivity index (χ3v) is 7.63. The minimum Gasteiger partial charge on any atom is -0.481 e. The summed E-state index contributed by atoms with van der Waals surface area (Å²) in [6.45, 7) is 4.50. The molecule has 0 spiro atoms. The van der Waals surface area contributed by atoms with Crippen LogP contribution >= 0.6 is 0 Å². The second-order valence-electron chi connectivity index (χ2n) is 10.7. The van der Waals surface area contributed by atoms with Crippen molar-refractivity contribution in [3.05, 3.63) is 82.6 Å². The number of aliphatic hydroxyl groups is 1. The normalized spacial score (nSPS) is 21.5. The predicted octanol–water partition coefficient (Wildman–Crippen LogP) is 4.55. The maximum Gasteiger partial charge on any atom is 0.313 e. The van der Waals surface area contributed by atoms with Gasteiger partial charge in [0.15, 0.2) is 5.78 Å². The summed E-state index contributed by atoms with van der Waals surface area (Å²) >= 11 is 0. The molecule has 0 aliphatic heterocycles. The molecular weight excluding hydrogens is 511 g/mol. The standard InChI is InChI=1S/C29H30F3N3O4/c1-14-8-15(9-22(33)27(14)37)18-6-7-34-13-16(18)10-24(36)23-5-4-19(30)26(35-23)25-20(31)11-17(12-21(25)32)29(2,3)28(38)39/h4-7,11-15,22,27,37H,8-10,33H2,1-3H3,(H,38,39)/t14-,15+,22+,27+/m0/s1. The second kappa shape index (κ2) is 10.9. The highest BCUT2D eigenvalue weighted by molar-refractivity contribution is 5.96. The molecule has 7 nitrogen and oxygen atoms in total. The summed E-state index contributed by atoms with van der Waals surface area (Å²) in [5.41, 5.74) is 4.19. The highest BCUT2D eigenvalue weighted by atomic mass is 19.1. The van der Waals surface area contributed by atoms with Gasteiger partial charge >= 0.3 is 5.97 Å². The smallest absolute Gasteiger partial charge is 0.313 e. The number of Topliss-reactive ketones (excluding diaryl/α,β-unsaturated/α-hetero) is 1. The average molecular weight is 542 g/mol. The molecule has 1 fully saturated rings. The van der Waals surface area contributed by atoms with Crippen LogP contribution in [0.15, 0.2) is 42.7 Å². The van der Waals surface area contributed by atoms with Crippen LogP contribution in [0.25, 0.3) is 11.3 Å². The van der Waals surface area contributed by atoms with Crippen LogP contribution in [-0.4, -0.2) is 44.1 Å². The Morgan fingerprint density at radius 2 is 1.74 bits per heavy atom. The van der Waals surface area contributed by atoms with Crippen LogP contribution in [0, 0.1) is 23.4 Å². The molecule has 0 unspecified atom stereocenters. The molecule has 0 saturated heterocycles. The fourth-order valence-electron chi connectivity index (χ4n) is 5.13. The summed E-state index contributed by atoms with van der Waals surface area (Å²) in [6, 6.07) is 5.11. The number of aromatic nitrogens is 2. The van der Waals surface area contributed by atoms with E-state index in [1.165, 1.54) is 13.8 Å². The predicted molar refractivity (Wildman–Crippen MR) is 138 cm³/mol. The molecule has 2 aromatic heterocycles. The van der Waals surface area contributed by atoms with Gasteiger partial charge in [0.05, 0.1) is 17.1 Å². The molecule has 1 aliphatic rings. The van der Waals surface area contributed by atoms with Gasteiger partial charge in [-0.1, -0.05) is 6.92 Å². The van der Waals surface area contributed by atoms with Crippen molar-refractivity contribution < 1.29 is 33.0 Å². The Labute approximate surface area is 223 Å². The van der Waals surface area contributed by atoms with Crippen molar-refractivity contribution in [3.63, 3.8) is 0 Å². The first-order valence-electron chi connectivity index (χ1n) is 12.6. The Balaban J connectivity index is 1.65. The van der Waals surface area contributed by atoms with Gasteiger partial charge in [0.25, 0.3) is 0 Å². The highest BCUT2D eigenvalue weighted by Crippen LogP contribution is 2.37. The monoisotopic (exact) mass is 541 g/mol. The van der Waals surface area contributed by atoms with Crippen molar-refractivity contribution in [2.24, 2.45) is 11.7 Å². The Morgan fingerprint density at radius 1 is 1.08 bits per heavy atom. The van der Waals surface area contributed by atoms with Gasteiger partial charge in [0.2, 0.25) is 0 Å². The van der Waals surface area contributed by atoms with Gasteiger partial charge in [-0.25, -0.2) is 18.2 Å². The Morgan fingerprint density at radius 3 is 2.36 bits per heavy atom. The van der Waals surface area contributed by atoms with E-state index in [1.807, 2.05) is 6.92 Å². The number of pyridine rings is 2. The van der Waals surface area contributed by atoms with Crippen LogP contribution in [-0.2, 0) is 16.6 Å². The number of carboxylic acids is 1. The van der Waals surface area contributed by atoms with Crippen LogP contribution in [0.1, 0.15) is 66.7 Å². The molecule has 1 aliphatic carbocycles. The number of carboxylic acid groups (broad SMARTS) is 1. The molecule has 4 N–H and O–H groups in total. The first kappa shape index (κ1) is 28.4. The molecule has 0 radical (unpaired) electrons. The van der Waals surface area contributed by atoms with E-state index >= 15 is 8.78 Å². The van der Waals surface area contributed by atoms with E-state index in [0.717, 1.165) is 29.8 Å². The van der Waals surface area contributed by atoms with Crippen molar-refractivity contribution in [1.82, 2.24) is 9.97 Å². The van der Waals surface area contributed by atoms with Crippen molar-refractivity contribution in [2.75, 3.05) is 0 Å². The number of hydrogen-bond acceptors (Lipinski definition) is 6. The van der Waals surface area contributed by atoms with Crippen LogP contribution in [0.4, 0.5) is 13.2 Å². The maximum atomic E-state index is 15.0. The summed E-state index contributed by atoms with van der Waals surface area (Å²) in [5.74, 6) is -5.28. The number of nitrogens with two attached hydrogens (primary N) is 1. The van der Waals surface area contributed by atoms with E-state index < -0.39 is 58.0 Å². The average Bonchev–Trinajstić information content (AvgIpc) is 2.87. The fourth-order valence-corrected chi connectivity index (χ4v) is 5.13. The lowest BCUT2D eigenvalue weighted by Crippen LogP contribution is -2.44. The molecule has 1 saturated carbocycles. The van der Waals surface area contributed by atoms with Gasteiger partial charge in [-0.3, -0.25) is 14.6 Å². The molecule has 0 amide bonds. The van der Waals surface area contributed by atoms with Crippen LogP contribution in [0.3, 0.4) is 0 Å². The third kappa shape index (κ3) is 5.58. The van der Waals surface area contributed by atoms with E-state index in [2.05, 4.69) is 9.97 Å². The van der Waals surface area contributed by atoms with Crippen molar-refractivity contribution in [1.29, 1.82) is 0 Å². The zero-order chi connectivity index (χ0) is 28.6. The topological polar surface area (TPSA) is 126 Å². The molecule has 4 atom stereocenters. The zero-order valence-corrected chi connectivity index (χ0v) is 21.8. The Hall–Kier alpha value is -3.63. The molecule has 2 heterocycles. The van der Waals surface area contributed by atoms with Crippen LogP contribution < -0.4 is 5.73 Å². The molecule has 10 heteroatoms. The summed E-state index contributed by atoms with van der Waals surface area (Å²) < 4.78 is 44.8. The number of carbonyl (C=O) groups excluding carboxylic acids is 1. The van der Waals surface area contributed by atoms with Gasteiger partial charge in [-0.2, -0.15) is 0 Å². The number of carbonyl (C=O) groups is 2. The molecule has 39 heavy (non-hydrogen) atoms. The lowest BCUT2D eigenvalue weighted by Gasteiger charge is -2.36. The number of aliphatic hydroxyl groups excluding tert-OH is 1. The lowest BCUT2D eigenvalue weighted by atomic mass is 9.74. The van der Waals surface area contributed by atoms with E-state index in [-0.39, 0.29) is 29.5 Å². The molecule has 4 rings (SSSR count). The van der Waals surface area contributed by atoms with Crippen molar-refractivity contribution >= 4 is 11.8 Å². The number of aliphatic carboxylic acids is 1. The zero-order valence-electron chi connectivity index (χ0n) is 21.8. The number of hydrogen-bond donors (Lipinski definition) is 3. The first-order chi connectivity index (χ1) is 18.3. The largest absolute Gasteiger partial charge is 0.481 e. The van der Waals surface area contributed by atoms with Crippen LogP contribution in [0.5, 0.6) is 0 Å². The van der Waals surface area contributed by atoms with E-state index in [0.29, 0.717) is 18.4 Å². The van der Waals surface area contributed by atoms with Gasteiger partial charge in [-0.05, 0) is 85.5 Å². The lowest BCUT2D eigenvalue weighted by molar-refractivity contribution is -0.142. The van der Waals surface area contributed by atoms with Gasteiger partial charge in [0.1, 0.15) is 28.8 Å². The SMILES string of the molecule is C[C@H]1C[C@@H](c2ccncc2CC(=O)c2ccc(F)c(-c3c(F)cc(C(C)(C)C(=O)O)cc3F)n2)C[C@@H](N)[C@@H]1O. The van der Waals surface area contributed by atoms with Crippen molar-refractivity contribution in [3.8, 4) is 11.3 Å². The number of ketones is 1. The van der Waals surface area contributed by atoms with Gasteiger partial charge in [-0.15, -0.1) is 0 Å². The van der Waals surface area contributed by atoms with E-state index in [9.17, 15) is 24.2 Å². The van der Waals surface area contributed by atoms with Gasteiger partial charge in [0, 0.05) is 24.9 Å². The number of nitrogens with zero attached hydrogens (tertiary/aromatic N) is 2. The molecular formula is C29H30F3N3O4. The summed E-state index contributed by atoms with van der Waals surface area (Å²) in [6.07, 6.45) is 3.62. The van der Waals surface area contributed by atoms with Crippen molar-refractivity contribution in [2.45, 2.75) is 63.5 Å². The molecule has 206 valence electrons. The summed E-state index contributed by atoms with van der Waals surface area (Å²) in [5, 5.41) is 19.6. The van der Waals surface area contributed by atoms with Crippen LogP contribution in [0.2, 0.25) is 0 Å².